The summed E-state index contributed by atoms with van der Waals surface area (Å²) < 4.78 is 15.7. The number of esters is 1. The van der Waals surface area contributed by atoms with Crippen LogP contribution in [-0.2, 0) is 46.2 Å². The van der Waals surface area contributed by atoms with Gasteiger partial charge in [-0.2, -0.15) is 0 Å². The van der Waals surface area contributed by atoms with Gasteiger partial charge in [0.05, 0.1) is 25.1 Å². The number of nitrogens with one attached hydrogen (secondary N) is 3. The minimum atomic E-state index is -0.975. The molecule has 12 nitrogen and oxygen atoms in total. The molecule has 2 aromatic carbocycles. The molecule has 0 aliphatic carbocycles. The average Bonchev–Trinajstić information content (AvgIpc) is 3.08. The topological polar surface area (TPSA) is 166 Å². The molecule has 0 saturated heterocycles. The number of unbranched alkanes of at least 4 members (excludes halogenated alkanes) is 1. The highest BCUT2D eigenvalue weighted by atomic mass is 16.6. The fourth-order valence-corrected chi connectivity index (χ4v) is 5.99. The van der Waals surface area contributed by atoms with E-state index in [1.54, 1.807) is 41.5 Å². The molecule has 0 radical (unpaired) electrons. The molecule has 0 aliphatic heterocycles. The third kappa shape index (κ3) is 19.4. The van der Waals surface area contributed by atoms with E-state index in [4.69, 9.17) is 14.2 Å². The van der Waals surface area contributed by atoms with E-state index in [1.807, 2.05) is 74.5 Å². The molecular weight excluding hydrogens is 702 g/mol. The van der Waals surface area contributed by atoms with Crippen molar-refractivity contribution in [3.05, 3.63) is 71.8 Å². The van der Waals surface area contributed by atoms with Crippen LogP contribution in [0.1, 0.15) is 105 Å². The predicted octanol–water partition coefficient (Wildman–Crippen LogP) is 6.91. The quantitative estimate of drug-likeness (QED) is 0.0695. The molecule has 2 aromatic rings. The van der Waals surface area contributed by atoms with Crippen molar-refractivity contribution in [2.24, 2.45) is 17.8 Å². The number of ether oxygens (including phenoxy) is 3. The Hall–Kier alpha value is -4.74. The molecule has 55 heavy (non-hydrogen) atoms. The third-order valence-electron chi connectivity index (χ3n) is 8.55. The molecule has 4 atom stereocenters. The van der Waals surface area contributed by atoms with E-state index < -0.39 is 59.2 Å². The summed E-state index contributed by atoms with van der Waals surface area (Å²) in [6, 6.07) is 16.7. The van der Waals surface area contributed by atoms with Gasteiger partial charge in [0.2, 0.25) is 5.91 Å². The minimum absolute atomic E-state index is 0.0206. The summed E-state index contributed by atoms with van der Waals surface area (Å²) in [6.07, 6.45) is 0.529. The summed E-state index contributed by atoms with van der Waals surface area (Å²) in [7, 11) is 1.27. The molecule has 0 fully saturated rings. The first-order valence-electron chi connectivity index (χ1n) is 19.2. The number of alkyl carbamates (subject to hydrolysis) is 2. The lowest BCUT2D eigenvalue weighted by Crippen LogP contribution is -2.48. The summed E-state index contributed by atoms with van der Waals surface area (Å²) >= 11 is 0. The molecule has 0 aromatic heterocycles. The van der Waals surface area contributed by atoms with Gasteiger partial charge in [0.25, 0.3) is 0 Å². The van der Waals surface area contributed by atoms with Gasteiger partial charge in [-0.15, -0.1) is 0 Å². The van der Waals surface area contributed by atoms with Gasteiger partial charge in [-0.25, -0.2) is 9.59 Å². The van der Waals surface area contributed by atoms with Crippen molar-refractivity contribution in [2.45, 2.75) is 130 Å². The molecule has 304 valence electrons. The predicted molar refractivity (Wildman–Crippen MR) is 211 cm³/mol. The normalized spacial score (nSPS) is 13.8. The lowest BCUT2D eigenvalue weighted by atomic mass is 9.88. The third-order valence-corrected chi connectivity index (χ3v) is 8.55. The van der Waals surface area contributed by atoms with Crippen molar-refractivity contribution in [1.82, 2.24) is 16.0 Å². The average molecular weight is 766 g/mol. The monoisotopic (exact) mass is 765 g/mol. The molecule has 2 rings (SSSR count). The second-order valence-electron chi connectivity index (χ2n) is 16.5. The van der Waals surface area contributed by atoms with Crippen LogP contribution in [0.4, 0.5) is 9.59 Å². The molecule has 0 unspecified atom stereocenters. The van der Waals surface area contributed by atoms with Gasteiger partial charge in [0, 0.05) is 25.3 Å². The number of benzene rings is 2. The van der Waals surface area contributed by atoms with E-state index in [2.05, 4.69) is 16.0 Å². The van der Waals surface area contributed by atoms with Gasteiger partial charge in [0.1, 0.15) is 11.2 Å². The van der Waals surface area contributed by atoms with Crippen LogP contribution in [0.3, 0.4) is 0 Å². The maximum atomic E-state index is 14.2. The zero-order chi connectivity index (χ0) is 41.2. The number of methoxy groups -OCH3 is 1. The Morgan fingerprint density at radius 2 is 1.15 bits per heavy atom. The smallest absolute Gasteiger partial charge is 0.408 e. The number of hydrogen-bond acceptors (Lipinski definition) is 9. The largest absolute Gasteiger partial charge is 0.469 e. The summed E-state index contributed by atoms with van der Waals surface area (Å²) in [4.78, 5) is 79.7. The van der Waals surface area contributed by atoms with E-state index in [9.17, 15) is 28.8 Å². The Labute approximate surface area is 327 Å². The highest BCUT2D eigenvalue weighted by molar-refractivity contribution is 5.95. The zero-order valence-electron chi connectivity index (χ0n) is 34.2. The SMILES string of the molecule is COC(=O)[C@@H](CCCCNC(=O)OC(C)(C)C)CC(=O)[C@@H](CC(C)C)NC(=O)[C@H](CC(=O)[C@@H](Cc1ccccc1)NC(=O)OC(C)(C)C)Cc1ccccc1. The van der Waals surface area contributed by atoms with Crippen molar-refractivity contribution in [3.8, 4) is 0 Å². The molecule has 0 heterocycles. The molecule has 0 bridgehead atoms. The number of rotatable bonds is 21. The van der Waals surface area contributed by atoms with Crippen LogP contribution < -0.4 is 16.0 Å². The lowest BCUT2D eigenvalue weighted by molar-refractivity contribution is -0.147. The summed E-state index contributed by atoms with van der Waals surface area (Å²) in [5.41, 5.74) is 0.240. The summed E-state index contributed by atoms with van der Waals surface area (Å²) in [5.74, 6) is -3.28. The van der Waals surface area contributed by atoms with Crippen LogP contribution in [0.25, 0.3) is 0 Å². The first-order valence-corrected chi connectivity index (χ1v) is 19.2. The standard InChI is InChI=1S/C43H63N3O9/c1-29(2)24-34(36(47)27-32(39(50)53-9)22-16-17-23-44-40(51)54-42(3,4)5)45-38(49)33(25-30-18-12-10-13-19-30)28-37(48)35(26-31-20-14-11-15-21-31)46-41(52)55-43(6,7)8/h10-15,18-21,29,32-35H,16-17,22-28H2,1-9H3,(H,44,51)(H,45,49)(H,46,52)/t32-,33-,34+,35+/m0/s1. The molecule has 0 saturated carbocycles. The Kier molecular flexibility index (Phi) is 19.1. The van der Waals surface area contributed by atoms with Crippen molar-refractivity contribution in [3.63, 3.8) is 0 Å². The van der Waals surface area contributed by atoms with E-state index >= 15 is 0 Å². The van der Waals surface area contributed by atoms with Crippen LogP contribution in [0.15, 0.2) is 60.7 Å². The van der Waals surface area contributed by atoms with Gasteiger partial charge in [-0.3, -0.25) is 19.2 Å². The van der Waals surface area contributed by atoms with Gasteiger partial charge in [0.15, 0.2) is 11.6 Å². The number of carbonyl (C=O) groups excluding carboxylic acids is 6. The Balaban J connectivity index is 2.26. The lowest BCUT2D eigenvalue weighted by Gasteiger charge is -2.26. The van der Waals surface area contributed by atoms with E-state index in [0.29, 0.717) is 32.2 Å². The van der Waals surface area contributed by atoms with Gasteiger partial charge >= 0.3 is 18.2 Å². The molecule has 0 spiro atoms. The second kappa shape index (κ2) is 22.6. The van der Waals surface area contributed by atoms with Crippen molar-refractivity contribution in [1.29, 1.82) is 0 Å². The van der Waals surface area contributed by atoms with E-state index in [0.717, 1.165) is 11.1 Å². The molecule has 3 amide bonds. The molecule has 3 N–H and O–H groups in total. The van der Waals surface area contributed by atoms with E-state index in [-0.39, 0.29) is 43.2 Å². The van der Waals surface area contributed by atoms with E-state index in [1.165, 1.54) is 7.11 Å². The summed E-state index contributed by atoms with van der Waals surface area (Å²) in [5, 5.41) is 8.36. The number of hydrogen-bond donors (Lipinski definition) is 3. The van der Waals surface area contributed by atoms with Crippen LogP contribution >= 0.6 is 0 Å². The Morgan fingerprint density at radius 1 is 0.636 bits per heavy atom. The van der Waals surface area contributed by atoms with Crippen LogP contribution in [0.5, 0.6) is 0 Å². The van der Waals surface area contributed by atoms with Crippen LogP contribution in [0, 0.1) is 17.8 Å². The first-order chi connectivity index (χ1) is 25.8. The number of carbonyl (C=O) groups is 6. The first kappa shape index (κ1) is 46.4. The second-order valence-corrected chi connectivity index (χ2v) is 16.5. The number of Topliss-reactive ketones (excluding diaryl/α,β-unsaturated/α-hetero) is 2. The molecule has 0 aliphatic rings. The maximum Gasteiger partial charge on any atom is 0.408 e. The Morgan fingerprint density at radius 3 is 1.67 bits per heavy atom. The van der Waals surface area contributed by atoms with Crippen molar-refractivity contribution in [2.75, 3.05) is 13.7 Å². The van der Waals surface area contributed by atoms with Crippen LogP contribution in [-0.4, -0.2) is 72.6 Å². The van der Waals surface area contributed by atoms with Gasteiger partial charge in [-0.1, -0.05) is 80.9 Å². The molecule has 12 heteroatoms. The number of amides is 3. The fourth-order valence-electron chi connectivity index (χ4n) is 5.99. The number of ketones is 2. The van der Waals surface area contributed by atoms with Crippen molar-refractivity contribution < 1.29 is 43.0 Å². The zero-order valence-corrected chi connectivity index (χ0v) is 34.2. The van der Waals surface area contributed by atoms with Gasteiger partial charge in [-0.05, 0) is 90.7 Å². The fraction of sp³-hybridized carbons (Fsp3) is 0.581. The maximum absolute atomic E-state index is 14.2. The highest BCUT2D eigenvalue weighted by Crippen LogP contribution is 2.21. The molecular formula is C43H63N3O9. The Bertz CT molecular complexity index is 1530. The summed E-state index contributed by atoms with van der Waals surface area (Å²) in [6.45, 7) is 14.7. The van der Waals surface area contributed by atoms with Crippen LogP contribution in [0.2, 0.25) is 0 Å². The van der Waals surface area contributed by atoms with Gasteiger partial charge < -0.3 is 30.2 Å². The highest BCUT2D eigenvalue weighted by Gasteiger charge is 2.33. The van der Waals surface area contributed by atoms with Crippen molar-refractivity contribution >= 4 is 35.6 Å². The minimum Gasteiger partial charge on any atom is -0.469 e.